The quantitative estimate of drug-likeness (QED) is 0.605. The molecular weight excluding hydrogens is 263 g/mol. The summed E-state index contributed by atoms with van der Waals surface area (Å²) in [5.41, 5.74) is 0.905. The summed E-state index contributed by atoms with van der Waals surface area (Å²) in [5, 5.41) is 0.702. The molecule has 0 aliphatic heterocycles. The molecule has 2 aromatic rings. The third-order valence-electron chi connectivity index (χ3n) is 2.01. The third kappa shape index (κ3) is 2.67. The molecule has 0 saturated heterocycles. The first kappa shape index (κ1) is 11.7. The van der Waals surface area contributed by atoms with Crippen LogP contribution in [0.4, 0.5) is 0 Å². The van der Waals surface area contributed by atoms with Gasteiger partial charge in [-0.1, -0.05) is 35.3 Å². The second-order valence-corrected chi connectivity index (χ2v) is 4.72. The van der Waals surface area contributed by atoms with Crippen LogP contribution in [-0.2, 0) is 0 Å². The standard InChI is InChI=1S/C11H8Cl2N2S/c1-16-8-4-2-7(3-5-8)11-14-9(12)6-10(13)15-11/h2-6H,1H3. The van der Waals surface area contributed by atoms with Crippen molar-refractivity contribution in [1.29, 1.82) is 0 Å². The number of hydrogen-bond acceptors (Lipinski definition) is 3. The molecule has 0 atom stereocenters. The molecule has 1 aromatic heterocycles. The Balaban J connectivity index is 2.42. The van der Waals surface area contributed by atoms with Crippen LogP contribution in [0.5, 0.6) is 0 Å². The number of benzene rings is 1. The molecule has 1 aromatic carbocycles. The second-order valence-electron chi connectivity index (χ2n) is 3.07. The van der Waals surface area contributed by atoms with E-state index in [-0.39, 0.29) is 0 Å². The van der Waals surface area contributed by atoms with Gasteiger partial charge in [-0.2, -0.15) is 0 Å². The van der Waals surface area contributed by atoms with Crippen molar-refractivity contribution < 1.29 is 0 Å². The van der Waals surface area contributed by atoms with E-state index in [1.165, 1.54) is 11.0 Å². The molecule has 0 aliphatic carbocycles. The van der Waals surface area contributed by atoms with E-state index in [4.69, 9.17) is 23.2 Å². The molecule has 0 radical (unpaired) electrons. The highest BCUT2D eigenvalue weighted by molar-refractivity contribution is 7.98. The number of hydrogen-bond donors (Lipinski definition) is 0. The van der Waals surface area contributed by atoms with Gasteiger partial charge in [-0.25, -0.2) is 9.97 Å². The zero-order valence-corrected chi connectivity index (χ0v) is 10.8. The van der Waals surface area contributed by atoms with E-state index < -0.39 is 0 Å². The molecule has 0 fully saturated rings. The molecule has 2 rings (SSSR count). The zero-order chi connectivity index (χ0) is 11.5. The fourth-order valence-electron chi connectivity index (χ4n) is 1.26. The molecule has 5 heteroatoms. The monoisotopic (exact) mass is 270 g/mol. The average molecular weight is 271 g/mol. The van der Waals surface area contributed by atoms with Gasteiger partial charge >= 0.3 is 0 Å². The molecule has 82 valence electrons. The Morgan fingerprint density at radius 3 is 2.06 bits per heavy atom. The van der Waals surface area contributed by atoms with E-state index in [0.29, 0.717) is 16.1 Å². The highest BCUT2D eigenvalue weighted by atomic mass is 35.5. The minimum absolute atomic E-state index is 0.351. The van der Waals surface area contributed by atoms with Gasteiger partial charge in [-0.3, -0.25) is 0 Å². The molecule has 16 heavy (non-hydrogen) atoms. The Hall–Kier alpha value is -0.770. The van der Waals surface area contributed by atoms with Gasteiger partial charge in [0.1, 0.15) is 10.3 Å². The van der Waals surface area contributed by atoms with Gasteiger partial charge in [-0.05, 0) is 18.4 Å². The first-order valence-corrected chi connectivity index (χ1v) is 6.51. The fraction of sp³-hybridized carbons (Fsp3) is 0.0909. The average Bonchev–Trinajstić information content (AvgIpc) is 2.28. The predicted molar refractivity (Wildman–Crippen MR) is 69.3 cm³/mol. The van der Waals surface area contributed by atoms with Crippen molar-refractivity contribution in [3.05, 3.63) is 40.6 Å². The summed E-state index contributed by atoms with van der Waals surface area (Å²) in [7, 11) is 0. The van der Waals surface area contributed by atoms with E-state index in [0.717, 1.165) is 5.56 Å². The Kier molecular flexibility index (Phi) is 3.69. The van der Waals surface area contributed by atoms with Crippen molar-refractivity contribution in [2.45, 2.75) is 4.90 Å². The predicted octanol–water partition coefficient (Wildman–Crippen LogP) is 4.17. The van der Waals surface area contributed by atoms with Crippen LogP contribution in [0.2, 0.25) is 10.3 Å². The van der Waals surface area contributed by atoms with Crippen LogP contribution in [0.1, 0.15) is 0 Å². The minimum atomic E-state index is 0.351. The van der Waals surface area contributed by atoms with E-state index in [1.807, 2.05) is 30.5 Å². The van der Waals surface area contributed by atoms with Crippen molar-refractivity contribution >= 4 is 35.0 Å². The summed E-state index contributed by atoms with van der Waals surface area (Å²) in [4.78, 5) is 9.44. The lowest BCUT2D eigenvalue weighted by Gasteiger charge is -2.02. The van der Waals surface area contributed by atoms with Crippen LogP contribution in [0.25, 0.3) is 11.4 Å². The van der Waals surface area contributed by atoms with Gasteiger partial charge in [0.15, 0.2) is 5.82 Å². The molecular formula is C11H8Cl2N2S. The summed E-state index contributed by atoms with van der Waals surface area (Å²) in [6.45, 7) is 0. The molecule has 0 spiro atoms. The summed E-state index contributed by atoms with van der Waals surface area (Å²) >= 11 is 13.3. The van der Waals surface area contributed by atoms with Crippen LogP contribution < -0.4 is 0 Å². The number of nitrogens with zero attached hydrogens (tertiary/aromatic N) is 2. The lowest BCUT2D eigenvalue weighted by Crippen LogP contribution is -1.89. The van der Waals surface area contributed by atoms with Gasteiger partial charge in [0.25, 0.3) is 0 Å². The summed E-state index contributed by atoms with van der Waals surface area (Å²) in [6.07, 6.45) is 2.03. The summed E-state index contributed by atoms with van der Waals surface area (Å²) < 4.78 is 0. The normalized spacial score (nSPS) is 10.4. The Bertz CT molecular complexity index is 480. The van der Waals surface area contributed by atoms with E-state index in [2.05, 4.69) is 9.97 Å². The fourth-order valence-corrected chi connectivity index (χ4v) is 2.09. The Morgan fingerprint density at radius 2 is 1.56 bits per heavy atom. The SMILES string of the molecule is CSc1ccc(-c2nc(Cl)cc(Cl)n2)cc1. The molecule has 0 amide bonds. The molecule has 0 aliphatic rings. The van der Waals surface area contributed by atoms with Crippen molar-refractivity contribution in [3.63, 3.8) is 0 Å². The minimum Gasteiger partial charge on any atom is -0.216 e. The number of halogens is 2. The largest absolute Gasteiger partial charge is 0.216 e. The summed E-state index contributed by atoms with van der Waals surface area (Å²) in [5.74, 6) is 0.546. The lowest BCUT2D eigenvalue weighted by molar-refractivity contribution is 1.17. The molecule has 2 nitrogen and oxygen atoms in total. The van der Waals surface area contributed by atoms with E-state index in [9.17, 15) is 0 Å². The molecule has 0 saturated carbocycles. The smallest absolute Gasteiger partial charge is 0.162 e. The van der Waals surface area contributed by atoms with Crippen molar-refractivity contribution in [1.82, 2.24) is 9.97 Å². The summed E-state index contributed by atoms with van der Waals surface area (Å²) in [6, 6.07) is 9.45. The third-order valence-corrected chi connectivity index (χ3v) is 3.14. The lowest BCUT2D eigenvalue weighted by atomic mass is 10.2. The topological polar surface area (TPSA) is 25.8 Å². The highest BCUT2D eigenvalue weighted by Crippen LogP contribution is 2.23. The number of thioether (sulfide) groups is 1. The molecule has 0 N–H and O–H groups in total. The van der Waals surface area contributed by atoms with Crippen molar-refractivity contribution in [3.8, 4) is 11.4 Å². The van der Waals surface area contributed by atoms with Crippen molar-refractivity contribution in [2.24, 2.45) is 0 Å². The number of rotatable bonds is 2. The first-order valence-electron chi connectivity index (χ1n) is 4.53. The van der Waals surface area contributed by atoms with Gasteiger partial charge in [0, 0.05) is 16.5 Å². The maximum atomic E-state index is 5.82. The molecule has 1 heterocycles. The van der Waals surface area contributed by atoms with Crippen LogP contribution in [0, 0.1) is 0 Å². The maximum absolute atomic E-state index is 5.82. The van der Waals surface area contributed by atoms with Crippen LogP contribution in [0.15, 0.2) is 35.2 Å². The van der Waals surface area contributed by atoms with Crippen LogP contribution in [0.3, 0.4) is 0 Å². The first-order chi connectivity index (χ1) is 7.69. The second kappa shape index (κ2) is 5.04. The van der Waals surface area contributed by atoms with Gasteiger partial charge < -0.3 is 0 Å². The molecule has 0 unspecified atom stereocenters. The van der Waals surface area contributed by atoms with Crippen LogP contribution >= 0.6 is 35.0 Å². The molecule has 0 bridgehead atoms. The van der Waals surface area contributed by atoms with Gasteiger partial charge in [0.05, 0.1) is 0 Å². The zero-order valence-electron chi connectivity index (χ0n) is 8.45. The van der Waals surface area contributed by atoms with E-state index in [1.54, 1.807) is 11.8 Å². The van der Waals surface area contributed by atoms with E-state index >= 15 is 0 Å². The Morgan fingerprint density at radius 1 is 1.00 bits per heavy atom. The van der Waals surface area contributed by atoms with Gasteiger partial charge in [-0.15, -0.1) is 11.8 Å². The maximum Gasteiger partial charge on any atom is 0.162 e. The van der Waals surface area contributed by atoms with Crippen LogP contribution in [-0.4, -0.2) is 16.2 Å². The van der Waals surface area contributed by atoms with Gasteiger partial charge in [0.2, 0.25) is 0 Å². The number of aromatic nitrogens is 2. The Labute approximate surface area is 108 Å². The van der Waals surface area contributed by atoms with Crippen molar-refractivity contribution in [2.75, 3.05) is 6.26 Å². The highest BCUT2D eigenvalue weighted by Gasteiger charge is 2.04.